The number of rotatable bonds is 3. The highest BCUT2D eigenvalue weighted by Gasteiger charge is 2.23. The molecule has 0 aromatic carbocycles. The van der Waals surface area contributed by atoms with Crippen molar-refractivity contribution in [3.63, 3.8) is 0 Å². The normalized spacial score (nSPS) is 23.5. The Morgan fingerprint density at radius 3 is 2.89 bits per heavy atom. The standard InChI is InChI=1S/C14H17ClN2O2/c15-13-7-5-10(9-16-13)6-8-14(19)17-11-3-1-2-4-12(11)18/h5-9,11-12,18H,1-4H2,(H,17,19)/b8-6+. The van der Waals surface area contributed by atoms with Crippen LogP contribution in [0.3, 0.4) is 0 Å². The van der Waals surface area contributed by atoms with Gasteiger partial charge >= 0.3 is 0 Å². The quantitative estimate of drug-likeness (QED) is 0.659. The second-order valence-corrected chi connectivity index (χ2v) is 5.10. The molecule has 2 atom stereocenters. The third-order valence-corrected chi connectivity index (χ3v) is 3.46. The first kappa shape index (κ1) is 14.0. The fourth-order valence-corrected chi connectivity index (χ4v) is 2.28. The maximum Gasteiger partial charge on any atom is 0.244 e. The van der Waals surface area contributed by atoms with Gasteiger partial charge in [0.25, 0.3) is 0 Å². The summed E-state index contributed by atoms with van der Waals surface area (Å²) >= 11 is 5.68. The molecule has 1 saturated carbocycles. The molecule has 4 nitrogen and oxygen atoms in total. The number of pyridine rings is 1. The van der Waals surface area contributed by atoms with Crippen molar-refractivity contribution in [3.8, 4) is 0 Å². The van der Waals surface area contributed by atoms with Crippen molar-refractivity contribution in [2.75, 3.05) is 0 Å². The molecule has 0 aliphatic heterocycles. The second kappa shape index (κ2) is 6.68. The third kappa shape index (κ3) is 4.33. The molecule has 0 radical (unpaired) electrons. The number of halogens is 1. The molecule has 2 N–H and O–H groups in total. The Hall–Kier alpha value is -1.39. The van der Waals surface area contributed by atoms with Crippen LogP contribution in [0.4, 0.5) is 0 Å². The summed E-state index contributed by atoms with van der Waals surface area (Å²) in [5.41, 5.74) is 0.809. The molecule has 1 aliphatic rings. The van der Waals surface area contributed by atoms with Crippen LogP contribution >= 0.6 is 11.6 Å². The zero-order valence-electron chi connectivity index (χ0n) is 10.6. The van der Waals surface area contributed by atoms with Crippen LogP contribution in [0.2, 0.25) is 5.15 Å². The zero-order chi connectivity index (χ0) is 13.7. The molecule has 0 bridgehead atoms. The SMILES string of the molecule is O=C(/C=C/c1ccc(Cl)nc1)NC1CCCCC1O. The second-order valence-electron chi connectivity index (χ2n) is 4.71. The number of aliphatic hydroxyl groups excluding tert-OH is 1. The van der Waals surface area contributed by atoms with Gasteiger partial charge in [0.05, 0.1) is 12.1 Å². The Kier molecular flexibility index (Phi) is 4.93. The smallest absolute Gasteiger partial charge is 0.244 e. The largest absolute Gasteiger partial charge is 0.391 e. The van der Waals surface area contributed by atoms with Crippen molar-refractivity contribution in [2.24, 2.45) is 0 Å². The highest BCUT2D eigenvalue weighted by Crippen LogP contribution is 2.18. The van der Waals surface area contributed by atoms with Crippen LogP contribution < -0.4 is 5.32 Å². The van der Waals surface area contributed by atoms with Gasteiger partial charge in [0.1, 0.15) is 5.15 Å². The summed E-state index contributed by atoms with van der Waals surface area (Å²) in [6, 6.07) is 3.33. The van der Waals surface area contributed by atoms with E-state index in [1.807, 2.05) is 0 Å². The molecule has 2 rings (SSSR count). The number of hydrogen-bond acceptors (Lipinski definition) is 3. The van der Waals surface area contributed by atoms with Crippen molar-refractivity contribution in [3.05, 3.63) is 35.1 Å². The van der Waals surface area contributed by atoms with Gasteiger partial charge in [-0.15, -0.1) is 0 Å². The molecule has 1 aromatic heterocycles. The van der Waals surface area contributed by atoms with Crippen LogP contribution in [0.15, 0.2) is 24.4 Å². The van der Waals surface area contributed by atoms with Crippen molar-refractivity contribution in [1.29, 1.82) is 0 Å². The van der Waals surface area contributed by atoms with Gasteiger partial charge in [-0.2, -0.15) is 0 Å². The van der Waals surface area contributed by atoms with E-state index in [4.69, 9.17) is 11.6 Å². The number of aliphatic hydroxyl groups is 1. The van der Waals surface area contributed by atoms with Crippen LogP contribution in [0.5, 0.6) is 0 Å². The number of aromatic nitrogens is 1. The average Bonchev–Trinajstić information content (AvgIpc) is 2.41. The van der Waals surface area contributed by atoms with E-state index in [-0.39, 0.29) is 11.9 Å². The first-order chi connectivity index (χ1) is 9.15. The Morgan fingerprint density at radius 1 is 1.42 bits per heavy atom. The Balaban J connectivity index is 1.88. The van der Waals surface area contributed by atoms with Crippen LogP contribution in [0.25, 0.3) is 6.08 Å². The van der Waals surface area contributed by atoms with Crippen molar-refractivity contribution in [2.45, 2.75) is 37.8 Å². The van der Waals surface area contributed by atoms with Gasteiger partial charge in [-0.05, 0) is 30.5 Å². The minimum Gasteiger partial charge on any atom is -0.391 e. The highest BCUT2D eigenvalue weighted by molar-refractivity contribution is 6.29. The molecule has 2 unspecified atom stereocenters. The van der Waals surface area contributed by atoms with Gasteiger partial charge in [0, 0.05) is 12.3 Å². The summed E-state index contributed by atoms with van der Waals surface area (Å²) in [5, 5.41) is 13.0. The molecule has 1 heterocycles. The van der Waals surface area contributed by atoms with E-state index < -0.39 is 6.10 Å². The number of carbonyl (C=O) groups is 1. The number of hydrogen-bond donors (Lipinski definition) is 2. The Morgan fingerprint density at radius 2 is 2.21 bits per heavy atom. The monoisotopic (exact) mass is 280 g/mol. The Bertz CT molecular complexity index is 459. The van der Waals surface area contributed by atoms with Crippen LogP contribution in [0, 0.1) is 0 Å². The predicted octanol–water partition coefficient (Wildman–Crippen LogP) is 2.17. The highest BCUT2D eigenvalue weighted by atomic mass is 35.5. The van der Waals surface area contributed by atoms with E-state index >= 15 is 0 Å². The minimum atomic E-state index is -0.428. The summed E-state index contributed by atoms with van der Waals surface area (Å²) < 4.78 is 0. The summed E-state index contributed by atoms with van der Waals surface area (Å²) in [5.74, 6) is -0.194. The lowest BCUT2D eigenvalue weighted by atomic mass is 9.92. The van der Waals surface area contributed by atoms with E-state index in [0.717, 1.165) is 31.2 Å². The summed E-state index contributed by atoms with van der Waals surface area (Å²) in [6.45, 7) is 0. The number of carbonyl (C=O) groups excluding carboxylic acids is 1. The maximum absolute atomic E-state index is 11.7. The number of amides is 1. The van der Waals surface area contributed by atoms with E-state index in [2.05, 4.69) is 10.3 Å². The van der Waals surface area contributed by atoms with E-state index in [1.54, 1.807) is 24.4 Å². The summed E-state index contributed by atoms with van der Waals surface area (Å²) in [7, 11) is 0. The topological polar surface area (TPSA) is 62.2 Å². The molecule has 19 heavy (non-hydrogen) atoms. The van der Waals surface area contributed by atoms with Gasteiger partial charge in [-0.3, -0.25) is 4.79 Å². The lowest BCUT2D eigenvalue weighted by Gasteiger charge is -2.27. The molecule has 1 fully saturated rings. The molecule has 1 aliphatic carbocycles. The van der Waals surface area contributed by atoms with Crippen LogP contribution in [-0.2, 0) is 4.79 Å². The van der Waals surface area contributed by atoms with Crippen molar-refractivity contribution in [1.82, 2.24) is 10.3 Å². The van der Waals surface area contributed by atoms with Crippen molar-refractivity contribution >= 4 is 23.6 Å². The van der Waals surface area contributed by atoms with Gasteiger partial charge < -0.3 is 10.4 Å². The van der Waals surface area contributed by atoms with Gasteiger partial charge in [0.15, 0.2) is 0 Å². The molecule has 102 valence electrons. The van der Waals surface area contributed by atoms with Crippen LogP contribution in [0.1, 0.15) is 31.2 Å². The first-order valence-corrected chi connectivity index (χ1v) is 6.81. The lowest BCUT2D eigenvalue weighted by Crippen LogP contribution is -2.44. The third-order valence-electron chi connectivity index (χ3n) is 3.23. The minimum absolute atomic E-state index is 0.130. The first-order valence-electron chi connectivity index (χ1n) is 6.43. The molecular formula is C14H17ClN2O2. The van der Waals surface area contributed by atoms with E-state index in [9.17, 15) is 9.90 Å². The summed E-state index contributed by atoms with van der Waals surface area (Å²) in [6.07, 6.45) is 7.97. The number of nitrogens with one attached hydrogen (secondary N) is 1. The van der Waals surface area contributed by atoms with Crippen LogP contribution in [-0.4, -0.2) is 28.1 Å². The Labute approximate surface area is 117 Å². The van der Waals surface area contributed by atoms with E-state index in [1.165, 1.54) is 6.08 Å². The van der Waals surface area contributed by atoms with Gasteiger partial charge in [-0.1, -0.05) is 30.5 Å². The molecular weight excluding hydrogens is 264 g/mol. The fourth-order valence-electron chi connectivity index (χ4n) is 2.17. The lowest BCUT2D eigenvalue weighted by molar-refractivity contribution is -0.118. The molecule has 0 spiro atoms. The van der Waals surface area contributed by atoms with Crippen molar-refractivity contribution < 1.29 is 9.90 Å². The summed E-state index contributed by atoms with van der Waals surface area (Å²) in [4.78, 5) is 15.7. The van der Waals surface area contributed by atoms with Gasteiger partial charge in [-0.25, -0.2) is 4.98 Å². The van der Waals surface area contributed by atoms with Gasteiger partial charge in [0.2, 0.25) is 5.91 Å². The fraction of sp³-hybridized carbons (Fsp3) is 0.429. The molecule has 1 amide bonds. The molecule has 5 heteroatoms. The predicted molar refractivity (Wildman–Crippen MR) is 74.7 cm³/mol. The van der Waals surface area contributed by atoms with E-state index in [0.29, 0.717) is 5.15 Å². The maximum atomic E-state index is 11.7. The average molecular weight is 281 g/mol. The molecule has 0 saturated heterocycles. The zero-order valence-corrected chi connectivity index (χ0v) is 11.3. The number of nitrogens with zero attached hydrogens (tertiary/aromatic N) is 1. The molecule has 1 aromatic rings.